The van der Waals surface area contributed by atoms with Crippen LogP contribution in [0.1, 0.15) is 5.69 Å². The maximum absolute atomic E-state index is 13.3. The number of fused-ring (bicyclic) bond motifs is 1. The Labute approximate surface area is 169 Å². The standard InChI is InChI=1S/C21H17FN4O2S/c1-13-10-17-19(23-13)20(28)26(16-8-3-2-4-9-16)21(25-17)29-12-18(27)24-15-7-5-6-14(22)11-15/h2-11,23H,12H2,1H3,(H,24,27). The number of nitrogens with zero attached hydrogens (tertiary/aromatic N) is 2. The van der Waals surface area contributed by atoms with Crippen LogP contribution in [0, 0.1) is 12.7 Å². The summed E-state index contributed by atoms with van der Waals surface area (Å²) in [6.07, 6.45) is 0. The molecule has 0 radical (unpaired) electrons. The van der Waals surface area contributed by atoms with Crippen molar-refractivity contribution >= 4 is 34.4 Å². The van der Waals surface area contributed by atoms with E-state index in [0.29, 0.717) is 27.6 Å². The normalized spacial score (nSPS) is 11.0. The molecule has 4 aromatic rings. The average Bonchev–Trinajstić information content (AvgIpc) is 3.08. The molecule has 2 aromatic carbocycles. The third-order valence-electron chi connectivity index (χ3n) is 4.21. The Morgan fingerprint density at radius 2 is 1.97 bits per heavy atom. The molecule has 0 saturated heterocycles. The molecule has 2 aromatic heterocycles. The van der Waals surface area contributed by atoms with Crippen LogP contribution < -0.4 is 10.9 Å². The number of thioether (sulfide) groups is 1. The first kappa shape index (κ1) is 18.9. The minimum atomic E-state index is -0.427. The molecule has 0 aliphatic carbocycles. The molecule has 0 aliphatic rings. The number of halogens is 1. The van der Waals surface area contributed by atoms with E-state index in [1.165, 1.54) is 22.8 Å². The lowest BCUT2D eigenvalue weighted by Gasteiger charge is -2.12. The number of amides is 1. The number of para-hydroxylation sites is 1. The van der Waals surface area contributed by atoms with Gasteiger partial charge < -0.3 is 10.3 Å². The lowest BCUT2D eigenvalue weighted by atomic mass is 10.3. The molecular formula is C21H17FN4O2S. The topological polar surface area (TPSA) is 79.8 Å². The second-order valence-corrected chi connectivity index (χ2v) is 7.37. The molecule has 0 saturated carbocycles. The molecule has 6 nitrogen and oxygen atoms in total. The van der Waals surface area contributed by atoms with Crippen molar-refractivity contribution in [3.05, 3.63) is 82.5 Å². The summed E-state index contributed by atoms with van der Waals surface area (Å²) in [5.41, 5.74) is 2.60. The van der Waals surface area contributed by atoms with Crippen LogP contribution in [0.4, 0.5) is 10.1 Å². The van der Waals surface area contributed by atoms with Crippen LogP contribution in [0.2, 0.25) is 0 Å². The third-order valence-corrected chi connectivity index (χ3v) is 5.15. The van der Waals surface area contributed by atoms with E-state index in [0.717, 1.165) is 17.5 Å². The van der Waals surface area contributed by atoms with E-state index in [2.05, 4.69) is 15.3 Å². The number of aromatic amines is 1. The molecule has 4 rings (SSSR count). The molecule has 0 aliphatic heterocycles. The fourth-order valence-corrected chi connectivity index (χ4v) is 3.79. The third kappa shape index (κ3) is 4.07. The Morgan fingerprint density at radius 3 is 2.72 bits per heavy atom. The predicted molar refractivity (Wildman–Crippen MR) is 112 cm³/mol. The number of aromatic nitrogens is 3. The molecular weight excluding hydrogens is 391 g/mol. The average molecular weight is 408 g/mol. The molecule has 0 atom stereocenters. The van der Waals surface area contributed by atoms with Gasteiger partial charge >= 0.3 is 0 Å². The van der Waals surface area contributed by atoms with Crippen LogP contribution in [-0.2, 0) is 4.79 Å². The Kier molecular flexibility index (Phi) is 5.18. The van der Waals surface area contributed by atoms with Gasteiger partial charge in [-0.25, -0.2) is 9.37 Å². The summed E-state index contributed by atoms with van der Waals surface area (Å²) in [4.78, 5) is 33.0. The van der Waals surface area contributed by atoms with Gasteiger partial charge in [-0.2, -0.15) is 0 Å². The SMILES string of the molecule is Cc1cc2nc(SCC(=O)Nc3cccc(F)c3)n(-c3ccccc3)c(=O)c2[nH]1. The summed E-state index contributed by atoms with van der Waals surface area (Å²) in [6, 6.07) is 16.6. The van der Waals surface area contributed by atoms with Gasteiger partial charge in [0.1, 0.15) is 11.3 Å². The van der Waals surface area contributed by atoms with Crippen LogP contribution in [0.25, 0.3) is 16.7 Å². The number of hydrogen-bond acceptors (Lipinski definition) is 4. The fourth-order valence-electron chi connectivity index (χ4n) is 2.97. The Morgan fingerprint density at radius 1 is 1.17 bits per heavy atom. The number of carbonyl (C=O) groups is 1. The van der Waals surface area contributed by atoms with Gasteiger partial charge in [0.15, 0.2) is 5.16 Å². The Bertz CT molecular complexity index is 1250. The molecule has 29 heavy (non-hydrogen) atoms. The van der Waals surface area contributed by atoms with Gasteiger partial charge in [0.25, 0.3) is 5.56 Å². The predicted octanol–water partition coefficient (Wildman–Crippen LogP) is 3.89. The largest absolute Gasteiger partial charge is 0.353 e. The molecule has 0 unspecified atom stereocenters. The van der Waals surface area contributed by atoms with Gasteiger partial charge in [-0.05, 0) is 43.3 Å². The van der Waals surface area contributed by atoms with Crippen LogP contribution in [0.5, 0.6) is 0 Å². The summed E-state index contributed by atoms with van der Waals surface area (Å²) in [5, 5.41) is 3.05. The van der Waals surface area contributed by atoms with E-state index in [1.54, 1.807) is 12.1 Å². The van der Waals surface area contributed by atoms with Crippen molar-refractivity contribution in [1.82, 2.24) is 14.5 Å². The van der Waals surface area contributed by atoms with E-state index in [9.17, 15) is 14.0 Å². The summed E-state index contributed by atoms with van der Waals surface area (Å²) >= 11 is 1.14. The molecule has 8 heteroatoms. The molecule has 1 amide bonds. The number of H-pyrrole nitrogens is 1. The van der Waals surface area contributed by atoms with Crippen molar-refractivity contribution in [2.45, 2.75) is 12.1 Å². The van der Waals surface area contributed by atoms with Crippen LogP contribution >= 0.6 is 11.8 Å². The van der Waals surface area contributed by atoms with Crippen molar-refractivity contribution in [2.75, 3.05) is 11.1 Å². The summed E-state index contributed by atoms with van der Waals surface area (Å²) in [7, 11) is 0. The lowest BCUT2D eigenvalue weighted by molar-refractivity contribution is -0.113. The molecule has 2 heterocycles. The zero-order chi connectivity index (χ0) is 20.4. The maximum Gasteiger partial charge on any atom is 0.283 e. The molecule has 146 valence electrons. The second kappa shape index (κ2) is 7.92. The highest BCUT2D eigenvalue weighted by atomic mass is 32.2. The number of anilines is 1. The van der Waals surface area contributed by atoms with Crippen molar-refractivity contribution < 1.29 is 9.18 Å². The number of benzene rings is 2. The fraction of sp³-hybridized carbons (Fsp3) is 0.0952. The Hall–Kier alpha value is -3.39. The van der Waals surface area contributed by atoms with Gasteiger partial charge in [-0.15, -0.1) is 0 Å². The van der Waals surface area contributed by atoms with Crippen LogP contribution in [0.3, 0.4) is 0 Å². The number of carbonyl (C=O) groups excluding carboxylic acids is 1. The summed E-state index contributed by atoms with van der Waals surface area (Å²) < 4.78 is 14.8. The van der Waals surface area contributed by atoms with E-state index in [-0.39, 0.29) is 17.2 Å². The van der Waals surface area contributed by atoms with Crippen molar-refractivity contribution in [2.24, 2.45) is 0 Å². The van der Waals surface area contributed by atoms with Crippen molar-refractivity contribution in [3.63, 3.8) is 0 Å². The first-order valence-electron chi connectivity index (χ1n) is 8.87. The smallest absolute Gasteiger partial charge is 0.283 e. The van der Waals surface area contributed by atoms with E-state index in [4.69, 9.17) is 0 Å². The first-order valence-corrected chi connectivity index (χ1v) is 9.86. The van der Waals surface area contributed by atoms with Gasteiger partial charge in [-0.1, -0.05) is 36.0 Å². The Balaban J connectivity index is 1.65. The highest BCUT2D eigenvalue weighted by molar-refractivity contribution is 7.99. The minimum absolute atomic E-state index is 0.0186. The summed E-state index contributed by atoms with van der Waals surface area (Å²) in [5.74, 6) is -0.729. The first-order chi connectivity index (χ1) is 14.0. The summed E-state index contributed by atoms with van der Waals surface area (Å²) in [6.45, 7) is 1.85. The zero-order valence-corrected chi connectivity index (χ0v) is 16.3. The number of nitrogens with one attached hydrogen (secondary N) is 2. The highest BCUT2D eigenvalue weighted by Gasteiger charge is 2.16. The van der Waals surface area contributed by atoms with Crippen molar-refractivity contribution in [1.29, 1.82) is 0 Å². The number of rotatable bonds is 5. The number of hydrogen-bond donors (Lipinski definition) is 2. The van der Waals surface area contributed by atoms with E-state index in [1.807, 2.05) is 37.3 Å². The second-order valence-electron chi connectivity index (χ2n) is 6.43. The van der Waals surface area contributed by atoms with Gasteiger partial charge in [0.2, 0.25) is 5.91 Å². The zero-order valence-electron chi connectivity index (χ0n) is 15.5. The van der Waals surface area contributed by atoms with E-state index >= 15 is 0 Å². The maximum atomic E-state index is 13.3. The lowest BCUT2D eigenvalue weighted by Crippen LogP contribution is -2.23. The number of aryl methyl sites for hydroxylation is 1. The van der Waals surface area contributed by atoms with Gasteiger partial charge in [-0.3, -0.25) is 14.2 Å². The van der Waals surface area contributed by atoms with Crippen LogP contribution in [0.15, 0.2) is 70.6 Å². The molecule has 0 spiro atoms. The van der Waals surface area contributed by atoms with Crippen LogP contribution in [-0.4, -0.2) is 26.2 Å². The van der Waals surface area contributed by atoms with Gasteiger partial charge in [0.05, 0.1) is 17.0 Å². The molecule has 2 N–H and O–H groups in total. The molecule has 0 bridgehead atoms. The minimum Gasteiger partial charge on any atom is -0.353 e. The van der Waals surface area contributed by atoms with Gasteiger partial charge in [0, 0.05) is 11.4 Å². The highest BCUT2D eigenvalue weighted by Crippen LogP contribution is 2.22. The van der Waals surface area contributed by atoms with E-state index < -0.39 is 5.82 Å². The quantitative estimate of drug-likeness (QED) is 0.388. The monoisotopic (exact) mass is 408 g/mol. The molecule has 0 fully saturated rings. The van der Waals surface area contributed by atoms with Crippen molar-refractivity contribution in [3.8, 4) is 5.69 Å².